The minimum absolute atomic E-state index is 0.0756. The van der Waals surface area contributed by atoms with Crippen LogP contribution in [0.1, 0.15) is 69.2 Å². The molecule has 8 nitrogen and oxygen atoms in total. The molecule has 0 bridgehead atoms. The van der Waals surface area contributed by atoms with E-state index < -0.39 is 11.9 Å². The molecule has 1 aliphatic rings. The minimum atomic E-state index is -0.589. The number of nitrogens with zero attached hydrogens (tertiary/aromatic N) is 2. The zero-order valence-electron chi connectivity index (χ0n) is 18.7. The third-order valence-corrected chi connectivity index (χ3v) is 7.08. The van der Waals surface area contributed by atoms with Gasteiger partial charge in [-0.15, -0.1) is 11.3 Å². The second kappa shape index (κ2) is 10.9. The summed E-state index contributed by atoms with van der Waals surface area (Å²) in [5.41, 5.74) is 3.88. The van der Waals surface area contributed by atoms with Crippen LogP contribution in [0.25, 0.3) is 0 Å². The van der Waals surface area contributed by atoms with Crippen molar-refractivity contribution in [2.75, 3.05) is 24.3 Å². The van der Waals surface area contributed by atoms with Crippen molar-refractivity contribution in [2.24, 2.45) is 0 Å². The van der Waals surface area contributed by atoms with Crippen molar-refractivity contribution in [3.63, 3.8) is 0 Å². The number of esters is 2. The maximum atomic E-state index is 12.7. The van der Waals surface area contributed by atoms with Gasteiger partial charge in [-0.1, -0.05) is 11.8 Å². The summed E-state index contributed by atoms with van der Waals surface area (Å²) in [7, 11) is 0. The molecule has 0 fully saturated rings. The maximum absolute atomic E-state index is 12.7. The molecule has 2 heterocycles. The number of fused-ring (bicyclic) bond motifs is 1. The first-order chi connectivity index (χ1) is 15.3. The summed E-state index contributed by atoms with van der Waals surface area (Å²) in [5.74, 6) is -1.37. The molecule has 3 rings (SSSR count). The molecule has 0 spiro atoms. The average molecular weight is 478 g/mol. The number of hydrogen-bond donors (Lipinski definition) is 1. The fraction of sp³-hybridized carbons (Fsp3) is 0.500. The van der Waals surface area contributed by atoms with Crippen LogP contribution in [-0.4, -0.2) is 46.8 Å². The van der Waals surface area contributed by atoms with Crippen molar-refractivity contribution < 1.29 is 23.9 Å². The van der Waals surface area contributed by atoms with E-state index in [4.69, 9.17) is 9.47 Å². The van der Waals surface area contributed by atoms with Crippen LogP contribution in [0, 0.1) is 13.8 Å². The van der Waals surface area contributed by atoms with Crippen LogP contribution in [0.4, 0.5) is 5.00 Å². The lowest BCUT2D eigenvalue weighted by Crippen LogP contribution is -2.17. The number of thiophene rings is 1. The Labute approximate surface area is 195 Å². The molecule has 1 aliphatic carbocycles. The van der Waals surface area contributed by atoms with Gasteiger partial charge in [0.15, 0.2) is 5.16 Å². The third kappa shape index (κ3) is 5.47. The van der Waals surface area contributed by atoms with Crippen molar-refractivity contribution in [1.29, 1.82) is 0 Å². The molecular weight excluding hydrogens is 450 g/mol. The van der Waals surface area contributed by atoms with Crippen LogP contribution >= 0.6 is 23.1 Å². The monoisotopic (exact) mass is 477 g/mol. The predicted octanol–water partition coefficient (Wildman–Crippen LogP) is 4.12. The molecule has 0 radical (unpaired) electrons. The quantitative estimate of drug-likeness (QED) is 0.344. The van der Waals surface area contributed by atoms with Crippen LogP contribution in [-0.2, 0) is 27.1 Å². The van der Waals surface area contributed by atoms with Gasteiger partial charge in [0.2, 0.25) is 5.91 Å². The van der Waals surface area contributed by atoms with Gasteiger partial charge in [0.25, 0.3) is 0 Å². The molecule has 0 unspecified atom stereocenters. The molecule has 10 heteroatoms. The van der Waals surface area contributed by atoms with Gasteiger partial charge in [0.1, 0.15) is 9.88 Å². The Morgan fingerprint density at radius 2 is 1.72 bits per heavy atom. The van der Waals surface area contributed by atoms with Crippen molar-refractivity contribution in [1.82, 2.24) is 9.97 Å². The molecule has 0 atom stereocenters. The fourth-order valence-electron chi connectivity index (χ4n) is 3.55. The van der Waals surface area contributed by atoms with Crippen molar-refractivity contribution in [3.05, 3.63) is 33.0 Å². The summed E-state index contributed by atoms with van der Waals surface area (Å²) in [6, 6.07) is 0. The second-order valence-corrected chi connectivity index (χ2v) is 9.23. The number of carbonyl (C=O) groups is 3. The molecule has 172 valence electrons. The fourth-order valence-corrected chi connectivity index (χ4v) is 5.37. The number of nitrogens with one attached hydrogen (secondary N) is 1. The Bertz CT molecular complexity index is 1040. The summed E-state index contributed by atoms with van der Waals surface area (Å²) >= 11 is 2.26. The minimum Gasteiger partial charge on any atom is -0.462 e. The van der Waals surface area contributed by atoms with E-state index in [0.29, 0.717) is 10.7 Å². The van der Waals surface area contributed by atoms with E-state index in [2.05, 4.69) is 15.3 Å². The number of anilines is 1. The average Bonchev–Trinajstić information content (AvgIpc) is 3.08. The molecular formula is C22H27N3O5S2. The Hall–Kier alpha value is -2.46. The van der Waals surface area contributed by atoms with E-state index >= 15 is 0 Å². The summed E-state index contributed by atoms with van der Waals surface area (Å²) < 4.78 is 10.2. The lowest BCUT2D eigenvalue weighted by Gasteiger charge is -2.17. The topological polar surface area (TPSA) is 107 Å². The van der Waals surface area contributed by atoms with Crippen LogP contribution in [0.2, 0.25) is 0 Å². The van der Waals surface area contributed by atoms with Gasteiger partial charge < -0.3 is 14.8 Å². The van der Waals surface area contributed by atoms with E-state index in [-0.39, 0.29) is 40.3 Å². The largest absolute Gasteiger partial charge is 0.462 e. The number of carbonyl (C=O) groups excluding carboxylic acids is 3. The summed E-state index contributed by atoms with van der Waals surface area (Å²) in [5, 5.41) is 3.59. The molecule has 1 amide bonds. The standard InChI is InChI=1S/C22H27N3O5S2/c1-5-29-20(27)17-12(3)18(21(28)30-6-2)32-19(17)25-16(26)11-31-22-23-13(4)14-9-7-8-10-15(14)24-22/h5-11H2,1-4H3,(H,25,26). The normalized spacial score (nSPS) is 12.8. The van der Waals surface area contributed by atoms with E-state index in [1.165, 1.54) is 17.3 Å². The highest BCUT2D eigenvalue weighted by molar-refractivity contribution is 7.99. The highest BCUT2D eigenvalue weighted by atomic mass is 32.2. The van der Waals surface area contributed by atoms with Crippen molar-refractivity contribution >= 4 is 45.9 Å². The number of thioether (sulfide) groups is 1. The zero-order valence-corrected chi connectivity index (χ0v) is 20.3. The van der Waals surface area contributed by atoms with E-state index in [9.17, 15) is 14.4 Å². The Morgan fingerprint density at radius 3 is 2.44 bits per heavy atom. The number of rotatable bonds is 8. The molecule has 2 aromatic heterocycles. The van der Waals surface area contributed by atoms with Crippen molar-refractivity contribution in [3.8, 4) is 0 Å². The van der Waals surface area contributed by atoms with Gasteiger partial charge in [-0.25, -0.2) is 19.6 Å². The van der Waals surface area contributed by atoms with Crippen LogP contribution in [0.5, 0.6) is 0 Å². The zero-order chi connectivity index (χ0) is 23.3. The first kappa shape index (κ1) is 24.2. The van der Waals surface area contributed by atoms with E-state index in [0.717, 1.165) is 48.4 Å². The van der Waals surface area contributed by atoms with Crippen molar-refractivity contribution in [2.45, 2.75) is 58.5 Å². The molecule has 32 heavy (non-hydrogen) atoms. The van der Waals surface area contributed by atoms with Gasteiger partial charge >= 0.3 is 11.9 Å². The summed E-state index contributed by atoms with van der Waals surface area (Å²) in [6.07, 6.45) is 4.21. The Morgan fingerprint density at radius 1 is 1.03 bits per heavy atom. The number of ether oxygens (including phenoxy) is 2. The lowest BCUT2D eigenvalue weighted by atomic mass is 9.95. The molecule has 1 N–H and O–H groups in total. The van der Waals surface area contributed by atoms with Crippen LogP contribution < -0.4 is 5.32 Å². The maximum Gasteiger partial charge on any atom is 0.348 e. The molecule has 2 aromatic rings. The van der Waals surface area contributed by atoms with E-state index in [1.54, 1.807) is 20.8 Å². The molecule has 0 aliphatic heterocycles. The van der Waals surface area contributed by atoms with Gasteiger partial charge in [-0.3, -0.25) is 4.79 Å². The number of aryl methyl sites for hydroxylation is 2. The Kier molecular flexibility index (Phi) is 8.25. The van der Waals surface area contributed by atoms with Gasteiger partial charge in [-0.2, -0.15) is 0 Å². The number of aromatic nitrogens is 2. The third-order valence-electron chi connectivity index (χ3n) is 5.04. The summed E-state index contributed by atoms with van der Waals surface area (Å²) in [6.45, 7) is 7.42. The predicted molar refractivity (Wildman–Crippen MR) is 124 cm³/mol. The Balaban J connectivity index is 1.75. The van der Waals surface area contributed by atoms with E-state index in [1.807, 2.05) is 6.92 Å². The van der Waals surface area contributed by atoms with Gasteiger partial charge in [0, 0.05) is 11.4 Å². The first-order valence-corrected chi connectivity index (χ1v) is 12.4. The molecule has 0 saturated carbocycles. The SMILES string of the molecule is CCOC(=O)c1sc(NC(=O)CSc2nc(C)c3c(n2)CCCC3)c(C(=O)OCC)c1C. The lowest BCUT2D eigenvalue weighted by molar-refractivity contribution is -0.113. The van der Waals surface area contributed by atoms with Gasteiger partial charge in [0.05, 0.1) is 24.5 Å². The number of hydrogen-bond acceptors (Lipinski definition) is 9. The highest BCUT2D eigenvalue weighted by Gasteiger charge is 2.27. The van der Waals surface area contributed by atoms with Crippen LogP contribution in [0.15, 0.2) is 5.16 Å². The second-order valence-electron chi connectivity index (χ2n) is 7.26. The highest BCUT2D eigenvalue weighted by Crippen LogP contribution is 2.34. The van der Waals surface area contributed by atoms with Gasteiger partial charge in [-0.05, 0) is 64.5 Å². The molecule has 0 saturated heterocycles. The number of amides is 1. The van der Waals surface area contributed by atoms with Crippen LogP contribution in [0.3, 0.4) is 0 Å². The summed E-state index contributed by atoms with van der Waals surface area (Å²) in [4.78, 5) is 46.8. The smallest absolute Gasteiger partial charge is 0.348 e. The molecule has 0 aromatic carbocycles. The first-order valence-electron chi connectivity index (χ1n) is 10.6.